The topological polar surface area (TPSA) is 61.7 Å². The first kappa shape index (κ1) is 16.9. The van der Waals surface area contributed by atoms with Crippen molar-refractivity contribution in [2.24, 2.45) is 5.10 Å². The van der Waals surface area contributed by atoms with E-state index in [1.807, 2.05) is 0 Å². The van der Waals surface area contributed by atoms with Gasteiger partial charge < -0.3 is 5.11 Å². The summed E-state index contributed by atoms with van der Waals surface area (Å²) in [5.74, 6) is -1.06. The SMILES string of the molecule is O=C(NN=Cc1c(Cl)cccc1Cl)c1cc(Cl)cc(Cl)c1O. The largest absolute Gasteiger partial charge is 0.506 e. The van der Waals surface area contributed by atoms with Crippen LogP contribution in [0.4, 0.5) is 0 Å². The lowest BCUT2D eigenvalue weighted by atomic mass is 10.2. The van der Waals surface area contributed by atoms with Gasteiger partial charge in [-0.25, -0.2) is 5.43 Å². The van der Waals surface area contributed by atoms with Crippen molar-refractivity contribution in [1.29, 1.82) is 0 Å². The molecule has 0 radical (unpaired) electrons. The first-order valence-electron chi connectivity index (χ1n) is 5.85. The zero-order chi connectivity index (χ0) is 16.3. The monoisotopic (exact) mass is 376 g/mol. The quantitative estimate of drug-likeness (QED) is 0.597. The van der Waals surface area contributed by atoms with Crippen LogP contribution in [0, 0.1) is 0 Å². The highest BCUT2D eigenvalue weighted by atomic mass is 35.5. The maximum absolute atomic E-state index is 12.0. The molecule has 2 rings (SSSR count). The molecule has 0 saturated carbocycles. The number of nitrogens with zero attached hydrogens (tertiary/aromatic N) is 1. The normalized spacial score (nSPS) is 10.9. The molecule has 8 heteroatoms. The van der Waals surface area contributed by atoms with Crippen LogP contribution in [0.1, 0.15) is 15.9 Å². The first-order valence-corrected chi connectivity index (χ1v) is 7.36. The number of benzene rings is 2. The highest BCUT2D eigenvalue weighted by Gasteiger charge is 2.14. The van der Waals surface area contributed by atoms with Crippen molar-refractivity contribution in [3.05, 3.63) is 61.5 Å². The second kappa shape index (κ2) is 7.20. The number of hydrazone groups is 1. The van der Waals surface area contributed by atoms with E-state index in [1.54, 1.807) is 18.2 Å². The van der Waals surface area contributed by atoms with Crippen LogP contribution in [-0.4, -0.2) is 17.2 Å². The maximum atomic E-state index is 12.0. The van der Waals surface area contributed by atoms with Crippen LogP contribution < -0.4 is 5.43 Å². The van der Waals surface area contributed by atoms with Crippen molar-refractivity contribution in [2.45, 2.75) is 0 Å². The van der Waals surface area contributed by atoms with E-state index >= 15 is 0 Å². The molecular formula is C14H8Cl4N2O2. The lowest BCUT2D eigenvalue weighted by Gasteiger charge is -2.06. The summed E-state index contributed by atoms with van der Waals surface area (Å²) in [6.45, 7) is 0. The van der Waals surface area contributed by atoms with E-state index in [0.717, 1.165) is 0 Å². The van der Waals surface area contributed by atoms with E-state index in [4.69, 9.17) is 46.4 Å². The number of amides is 1. The van der Waals surface area contributed by atoms with Crippen LogP contribution in [0.25, 0.3) is 0 Å². The molecule has 0 heterocycles. The number of carbonyl (C=O) groups excluding carboxylic acids is 1. The lowest BCUT2D eigenvalue weighted by molar-refractivity contribution is 0.0952. The zero-order valence-corrected chi connectivity index (χ0v) is 13.8. The van der Waals surface area contributed by atoms with Crippen molar-refractivity contribution in [2.75, 3.05) is 0 Å². The first-order chi connectivity index (χ1) is 10.4. The van der Waals surface area contributed by atoms with Gasteiger partial charge in [-0.2, -0.15) is 5.10 Å². The van der Waals surface area contributed by atoms with Gasteiger partial charge in [-0.15, -0.1) is 0 Å². The van der Waals surface area contributed by atoms with Gasteiger partial charge in [0.1, 0.15) is 5.75 Å². The Balaban J connectivity index is 2.19. The average Bonchev–Trinajstić information content (AvgIpc) is 2.45. The third kappa shape index (κ3) is 3.84. The van der Waals surface area contributed by atoms with Gasteiger partial charge in [0, 0.05) is 10.6 Å². The highest BCUT2D eigenvalue weighted by molar-refractivity contribution is 6.38. The summed E-state index contributed by atoms with van der Waals surface area (Å²) in [4.78, 5) is 12.0. The maximum Gasteiger partial charge on any atom is 0.275 e. The summed E-state index contributed by atoms with van der Waals surface area (Å²) in [5.41, 5.74) is 2.59. The van der Waals surface area contributed by atoms with Gasteiger partial charge in [0.2, 0.25) is 0 Å². The fraction of sp³-hybridized carbons (Fsp3) is 0. The van der Waals surface area contributed by atoms with E-state index in [9.17, 15) is 9.90 Å². The fourth-order valence-electron chi connectivity index (χ4n) is 1.59. The van der Waals surface area contributed by atoms with Gasteiger partial charge in [-0.05, 0) is 24.3 Å². The third-order valence-corrected chi connectivity index (χ3v) is 3.80. The average molecular weight is 378 g/mol. The minimum Gasteiger partial charge on any atom is -0.506 e. The number of aromatic hydroxyl groups is 1. The van der Waals surface area contributed by atoms with Gasteiger partial charge in [0.25, 0.3) is 5.91 Å². The standard InChI is InChI=1S/C14H8Cl4N2O2/c15-7-4-8(13(21)12(18)5-7)14(22)20-19-6-9-10(16)2-1-3-11(9)17/h1-6,21H,(H,20,22). The molecule has 2 N–H and O–H groups in total. The van der Waals surface area contributed by atoms with Gasteiger partial charge in [-0.1, -0.05) is 52.5 Å². The van der Waals surface area contributed by atoms with Crippen molar-refractivity contribution < 1.29 is 9.90 Å². The molecule has 0 aliphatic rings. The molecule has 0 aliphatic heterocycles. The summed E-state index contributed by atoms with van der Waals surface area (Å²) in [7, 11) is 0. The van der Waals surface area contributed by atoms with Crippen molar-refractivity contribution in [1.82, 2.24) is 5.43 Å². The molecule has 1 amide bonds. The van der Waals surface area contributed by atoms with Crippen LogP contribution in [-0.2, 0) is 0 Å². The molecule has 2 aromatic carbocycles. The molecule has 0 aliphatic carbocycles. The van der Waals surface area contributed by atoms with E-state index in [-0.39, 0.29) is 21.4 Å². The van der Waals surface area contributed by atoms with E-state index in [0.29, 0.717) is 15.6 Å². The minimum atomic E-state index is -0.679. The van der Waals surface area contributed by atoms with E-state index < -0.39 is 5.91 Å². The number of hydrogen-bond donors (Lipinski definition) is 2. The van der Waals surface area contributed by atoms with Gasteiger partial charge >= 0.3 is 0 Å². The fourth-order valence-corrected chi connectivity index (χ4v) is 2.58. The molecule has 0 fully saturated rings. The lowest BCUT2D eigenvalue weighted by Crippen LogP contribution is -2.18. The summed E-state index contributed by atoms with van der Waals surface area (Å²) < 4.78 is 0. The second-order valence-electron chi connectivity index (χ2n) is 4.12. The summed E-state index contributed by atoms with van der Waals surface area (Å²) in [5, 5.41) is 14.5. The molecule has 0 spiro atoms. The van der Waals surface area contributed by atoms with Crippen LogP contribution >= 0.6 is 46.4 Å². The van der Waals surface area contributed by atoms with Crippen LogP contribution in [0.3, 0.4) is 0 Å². The molecule has 2 aromatic rings. The van der Waals surface area contributed by atoms with Crippen molar-refractivity contribution in [3.63, 3.8) is 0 Å². The third-order valence-electron chi connectivity index (χ3n) is 2.63. The number of rotatable bonds is 3. The van der Waals surface area contributed by atoms with E-state index in [2.05, 4.69) is 10.5 Å². The predicted molar refractivity (Wildman–Crippen MR) is 89.6 cm³/mol. The van der Waals surface area contributed by atoms with Gasteiger partial charge in [0.05, 0.1) is 26.8 Å². The molecule has 22 heavy (non-hydrogen) atoms. The van der Waals surface area contributed by atoms with Crippen LogP contribution in [0.15, 0.2) is 35.4 Å². The van der Waals surface area contributed by atoms with Gasteiger partial charge in [0.15, 0.2) is 0 Å². The Morgan fingerprint density at radius 1 is 1.09 bits per heavy atom. The van der Waals surface area contributed by atoms with Crippen molar-refractivity contribution >= 4 is 58.5 Å². The van der Waals surface area contributed by atoms with Gasteiger partial charge in [-0.3, -0.25) is 4.79 Å². The highest BCUT2D eigenvalue weighted by Crippen LogP contribution is 2.31. The molecule has 0 aromatic heterocycles. The van der Waals surface area contributed by atoms with Crippen LogP contribution in [0.2, 0.25) is 20.1 Å². The molecule has 114 valence electrons. The molecule has 0 bridgehead atoms. The molecular weight excluding hydrogens is 370 g/mol. The van der Waals surface area contributed by atoms with Crippen LogP contribution in [0.5, 0.6) is 5.75 Å². The molecule has 4 nitrogen and oxygen atoms in total. The zero-order valence-electron chi connectivity index (χ0n) is 10.8. The number of carbonyl (C=O) groups is 1. The Labute approximate surface area is 146 Å². The number of phenols is 1. The molecule has 0 unspecified atom stereocenters. The number of phenolic OH excluding ortho intramolecular Hbond substituents is 1. The molecule has 0 saturated heterocycles. The Morgan fingerprint density at radius 3 is 2.36 bits per heavy atom. The smallest absolute Gasteiger partial charge is 0.275 e. The van der Waals surface area contributed by atoms with Crippen molar-refractivity contribution in [3.8, 4) is 5.75 Å². The van der Waals surface area contributed by atoms with E-state index in [1.165, 1.54) is 18.3 Å². The number of halogens is 4. The Kier molecular flexibility index (Phi) is 5.53. The Hall–Kier alpha value is -1.46. The minimum absolute atomic E-state index is 0.0317. The second-order valence-corrected chi connectivity index (χ2v) is 5.78. The molecule has 0 atom stereocenters. The summed E-state index contributed by atoms with van der Waals surface area (Å²) >= 11 is 23.5. The summed E-state index contributed by atoms with van der Waals surface area (Å²) in [6, 6.07) is 7.56. The Morgan fingerprint density at radius 2 is 1.73 bits per heavy atom. The number of nitrogens with one attached hydrogen (secondary N) is 1. The predicted octanol–water partition coefficient (Wildman–Crippen LogP) is 4.77. The Bertz CT molecular complexity index is 742. The summed E-state index contributed by atoms with van der Waals surface area (Å²) in [6.07, 6.45) is 1.30. The number of hydrogen-bond acceptors (Lipinski definition) is 3.